The Bertz CT molecular complexity index is 986. The lowest BCUT2D eigenvalue weighted by Gasteiger charge is -2.10. The van der Waals surface area contributed by atoms with Crippen LogP contribution in [0.2, 0.25) is 0 Å². The molecule has 6 nitrogen and oxygen atoms in total. The average Bonchev–Trinajstić information content (AvgIpc) is 2.53. The molecule has 0 aliphatic carbocycles. The summed E-state index contributed by atoms with van der Waals surface area (Å²) in [6.07, 6.45) is 1.72. The number of nitrogens with one attached hydrogen (secondary N) is 2. The lowest BCUT2D eigenvalue weighted by atomic mass is 10.0. The molecule has 0 fully saturated rings. The predicted octanol–water partition coefficient (Wildman–Crippen LogP) is 1.76. The molecular weight excluding hydrogens is 294 g/mol. The number of aromatic nitrogens is 3. The summed E-state index contributed by atoms with van der Waals surface area (Å²) in [6, 6.07) is 9.19. The summed E-state index contributed by atoms with van der Waals surface area (Å²) in [5.41, 5.74) is 1.17. The van der Waals surface area contributed by atoms with Gasteiger partial charge in [0.2, 0.25) is 0 Å². The number of nitrogens with zero attached hydrogens (tertiary/aromatic N) is 1. The van der Waals surface area contributed by atoms with Gasteiger partial charge in [-0.05, 0) is 26.0 Å². The summed E-state index contributed by atoms with van der Waals surface area (Å²) in [5.74, 6) is 0.668. The Morgan fingerprint density at radius 2 is 1.87 bits per heavy atom. The zero-order valence-electron chi connectivity index (χ0n) is 13.2. The van der Waals surface area contributed by atoms with Crippen LogP contribution in [0.4, 0.5) is 0 Å². The molecule has 0 saturated carbocycles. The van der Waals surface area contributed by atoms with Crippen molar-refractivity contribution in [3.8, 4) is 16.9 Å². The van der Waals surface area contributed by atoms with Gasteiger partial charge >= 0.3 is 5.69 Å². The SMILES string of the molecule is COc1ccccc1-c1cc[nH+]c2c1c(=O)[nH]c(=O)n2C(C)C. The zero-order valence-corrected chi connectivity index (χ0v) is 13.2. The van der Waals surface area contributed by atoms with Crippen molar-refractivity contribution < 1.29 is 9.72 Å². The predicted molar refractivity (Wildman–Crippen MR) is 87.8 cm³/mol. The number of rotatable bonds is 3. The summed E-state index contributed by atoms with van der Waals surface area (Å²) >= 11 is 0. The first-order chi connectivity index (χ1) is 11.0. The van der Waals surface area contributed by atoms with Crippen LogP contribution in [0.15, 0.2) is 46.1 Å². The molecule has 0 unspecified atom stereocenters. The Hall–Kier alpha value is -2.89. The lowest BCUT2D eigenvalue weighted by Crippen LogP contribution is -2.34. The van der Waals surface area contributed by atoms with Crippen molar-refractivity contribution in [2.45, 2.75) is 19.9 Å². The van der Waals surface area contributed by atoms with E-state index in [4.69, 9.17) is 4.74 Å². The first-order valence-corrected chi connectivity index (χ1v) is 7.37. The summed E-state index contributed by atoms with van der Waals surface area (Å²) < 4.78 is 6.94. The summed E-state index contributed by atoms with van der Waals surface area (Å²) in [6.45, 7) is 3.78. The molecule has 0 saturated heterocycles. The first-order valence-electron chi connectivity index (χ1n) is 7.37. The van der Waals surface area contributed by atoms with Crippen LogP contribution in [0, 0.1) is 0 Å². The Morgan fingerprint density at radius 3 is 2.57 bits per heavy atom. The van der Waals surface area contributed by atoms with Crippen molar-refractivity contribution in [1.29, 1.82) is 0 Å². The zero-order chi connectivity index (χ0) is 16.6. The molecule has 0 bridgehead atoms. The number of H-pyrrole nitrogens is 2. The number of methoxy groups -OCH3 is 1. The van der Waals surface area contributed by atoms with E-state index >= 15 is 0 Å². The fourth-order valence-electron chi connectivity index (χ4n) is 2.81. The molecule has 0 atom stereocenters. The van der Waals surface area contributed by atoms with Crippen molar-refractivity contribution in [2.24, 2.45) is 0 Å². The number of hydrogen-bond acceptors (Lipinski definition) is 3. The Labute approximate surface area is 132 Å². The molecule has 0 radical (unpaired) electrons. The molecule has 0 aliphatic rings. The topological polar surface area (TPSA) is 78.2 Å². The minimum atomic E-state index is -0.425. The van der Waals surface area contributed by atoms with Crippen molar-refractivity contribution >= 4 is 11.0 Å². The smallest absolute Gasteiger partial charge is 0.416 e. The van der Waals surface area contributed by atoms with E-state index in [-0.39, 0.29) is 6.04 Å². The van der Waals surface area contributed by atoms with Gasteiger partial charge in [0.05, 0.1) is 13.3 Å². The monoisotopic (exact) mass is 312 g/mol. The summed E-state index contributed by atoms with van der Waals surface area (Å²) in [7, 11) is 1.59. The first kappa shape index (κ1) is 15.0. The van der Waals surface area contributed by atoms with Crippen LogP contribution in [0.3, 0.4) is 0 Å². The second kappa shape index (κ2) is 5.72. The Kier molecular flexibility index (Phi) is 3.73. The third-order valence-electron chi connectivity index (χ3n) is 3.80. The minimum absolute atomic E-state index is 0.0916. The number of ether oxygens (including phenoxy) is 1. The molecule has 3 aromatic rings. The van der Waals surface area contributed by atoms with Crippen LogP contribution in [0.1, 0.15) is 19.9 Å². The number of hydrogen-bond donors (Lipinski definition) is 1. The van der Waals surface area contributed by atoms with Crippen molar-refractivity contribution in [3.63, 3.8) is 0 Å². The van der Waals surface area contributed by atoms with Crippen LogP contribution in [-0.4, -0.2) is 16.7 Å². The van der Waals surface area contributed by atoms with Gasteiger partial charge < -0.3 is 4.74 Å². The van der Waals surface area contributed by atoms with Crippen molar-refractivity contribution in [2.75, 3.05) is 7.11 Å². The Morgan fingerprint density at radius 1 is 1.13 bits per heavy atom. The van der Waals surface area contributed by atoms with Gasteiger partial charge in [-0.15, -0.1) is 0 Å². The standard InChI is InChI=1S/C17H17N3O3/c1-10(2)20-15-14(16(21)19-17(20)22)12(8-9-18-15)11-6-4-5-7-13(11)23-3/h4-10H,1-3H3,(H,19,21,22)/p+1. The third-order valence-corrected chi connectivity index (χ3v) is 3.80. The van der Waals surface area contributed by atoms with Gasteiger partial charge in [0.1, 0.15) is 17.2 Å². The molecule has 118 valence electrons. The molecule has 2 heterocycles. The largest absolute Gasteiger partial charge is 0.496 e. The van der Waals surface area contributed by atoms with Gasteiger partial charge in [0.15, 0.2) is 0 Å². The summed E-state index contributed by atoms with van der Waals surface area (Å²) in [4.78, 5) is 30.0. The second-order valence-corrected chi connectivity index (χ2v) is 5.54. The van der Waals surface area contributed by atoms with Crippen LogP contribution < -0.4 is 21.0 Å². The molecule has 0 aliphatic heterocycles. The van der Waals surface area contributed by atoms with E-state index in [2.05, 4.69) is 9.97 Å². The van der Waals surface area contributed by atoms with Gasteiger partial charge in [-0.25, -0.2) is 9.78 Å². The van der Waals surface area contributed by atoms with Crippen LogP contribution >= 0.6 is 0 Å². The van der Waals surface area contributed by atoms with Gasteiger partial charge in [-0.3, -0.25) is 9.78 Å². The Balaban J connectivity index is 2.48. The van der Waals surface area contributed by atoms with E-state index in [0.717, 1.165) is 5.56 Å². The molecule has 0 spiro atoms. The maximum Gasteiger partial charge on any atom is 0.416 e. The third kappa shape index (κ3) is 2.42. The highest BCUT2D eigenvalue weighted by molar-refractivity contribution is 5.92. The number of benzene rings is 1. The molecule has 6 heteroatoms. The van der Waals surface area contributed by atoms with E-state index in [1.54, 1.807) is 13.3 Å². The van der Waals surface area contributed by atoms with E-state index in [1.807, 2.05) is 44.2 Å². The highest BCUT2D eigenvalue weighted by Crippen LogP contribution is 2.32. The highest BCUT2D eigenvalue weighted by Gasteiger charge is 2.22. The van der Waals surface area contributed by atoms with E-state index < -0.39 is 11.2 Å². The average molecular weight is 312 g/mol. The molecule has 3 rings (SSSR count). The lowest BCUT2D eigenvalue weighted by molar-refractivity contribution is -0.350. The van der Waals surface area contributed by atoms with Gasteiger partial charge in [0, 0.05) is 11.1 Å². The molecule has 2 aromatic heterocycles. The maximum atomic E-state index is 12.4. The molecule has 23 heavy (non-hydrogen) atoms. The van der Waals surface area contributed by atoms with Gasteiger partial charge in [0.25, 0.3) is 11.2 Å². The normalized spacial score (nSPS) is 11.1. The fourth-order valence-corrected chi connectivity index (χ4v) is 2.81. The quantitative estimate of drug-likeness (QED) is 0.800. The molecule has 2 N–H and O–H groups in total. The van der Waals surface area contributed by atoms with Crippen molar-refractivity contribution in [1.82, 2.24) is 9.55 Å². The fraction of sp³-hybridized carbons (Fsp3) is 0.235. The highest BCUT2D eigenvalue weighted by atomic mass is 16.5. The molecule has 0 amide bonds. The van der Waals surface area contributed by atoms with Crippen LogP contribution in [0.25, 0.3) is 22.2 Å². The van der Waals surface area contributed by atoms with Crippen LogP contribution in [0.5, 0.6) is 5.75 Å². The van der Waals surface area contributed by atoms with E-state index in [9.17, 15) is 9.59 Å². The van der Waals surface area contributed by atoms with Gasteiger partial charge in [-0.2, -0.15) is 4.57 Å². The maximum absolute atomic E-state index is 12.4. The summed E-state index contributed by atoms with van der Waals surface area (Å²) in [5, 5.41) is 0.435. The number of fused-ring (bicyclic) bond motifs is 1. The molecule has 1 aromatic carbocycles. The minimum Gasteiger partial charge on any atom is -0.496 e. The number of pyridine rings is 1. The van der Waals surface area contributed by atoms with E-state index in [0.29, 0.717) is 22.3 Å². The van der Waals surface area contributed by atoms with Crippen molar-refractivity contribution in [3.05, 3.63) is 57.4 Å². The van der Waals surface area contributed by atoms with Gasteiger partial charge in [-0.1, -0.05) is 18.2 Å². The second-order valence-electron chi connectivity index (χ2n) is 5.54. The van der Waals surface area contributed by atoms with Crippen LogP contribution in [-0.2, 0) is 0 Å². The molecular formula is C17H18N3O3+. The number of para-hydroxylation sites is 1. The van der Waals surface area contributed by atoms with E-state index in [1.165, 1.54) is 4.57 Å². The number of aromatic amines is 2.